The minimum absolute atomic E-state index is 0.0296. The molecule has 1 aromatic carbocycles. The molecule has 0 aliphatic heterocycles. The Labute approximate surface area is 113 Å². The monoisotopic (exact) mass is 256 g/mol. The summed E-state index contributed by atoms with van der Waals surface area (Å²) in [5.74, 6) is 0. The second-order valence-electron chi connectivity index (χ2n) is 4.91. The number of hydrogen-bond acceptors (Lipinski definition) is 2. The first-order chi connectivity index (χ1) is 9.11. The summed E-state index contributed by atoms with van der Waals surface area (Å²) in [5, 5.41) is 0. The van der Waals surface area contributed by atoms with Gasteiger partial charge in [0.1, 0.15) is 0 Å². The Morgan fingerprint density at radius 2 is 1.95 bits per heavy atom. The first kappa shape index (κ1) is 13.6. The number of pyridine rings is 1. The summed E-state index contributed by atoms with van der Waals surface area (Å²) < 4.78 is 1.74. The van der Waals surface area contributed by atoms with Crippen LogP contribution in [0.5, 0.6) is 0 Å². The molecule has 0 spiro atoms. The number of hydrogen-bond donors (Lipinski definition) is 1. The summed E-state index contributed by atoms with van der Waals surface area (Å²) in [6.07, 6.45) is 2.74. The Hall–Kier alpha value is -1.87. The molecule has 1 aromatic heterocycles. The van der Waals surface area contributed by atoms with Gasteiger partial charge in [0.25, 0.3) is 5.56 Å². The largest absolute Gasteiger partial charge is 0.330 e. The van der Waals surface area contributed by atoms with Gasteiger partial charge in [-0.15, -0.1) is 0 Å². The van der Waals surface area contributed by atoms with Gasteiger partial charge in [0.2, 0.25) is 0 Å². The van der Waals surface area contributed by atoms with E-state index in [1.807, 2.05) is 12.3 Å². The van der Waals surface area contributed by atoms with E-state index in [1.54, 1.807) is 10.6 Å². The van der Waals surface area contributed by atoms with Crippen molar-refractivity contribution >= 4 is 0 Å². The maximum atomic E-state index is 11.8. The van der Waals surface area contributed by atoms with Crippen LogP contribution in [-0.4, -0.2) is 11.1 Å². The maximum absolute atomic E-state index is 11.8. The molecule has 2 rings (SSSR count). The third kappa shape index (κ3) is 3.12. The quantitative estimate of drug-likeness (QED) is 0.913. The van der Waals surface area contributed by atoms with E-state index in [4.69, 9.17) is 5.73 Å². The third-order valence-corrected chi connectivity index (χ3v) is 3.28. The number of nitrogens with zero attached hydrogens (tertiary/aromatic N) is 1. The molecule has 0 radical (unpaired) electrons. The van der Waals surface area contributed by atoms with Crippen LogP contribution in [0, 0.1) is 13.8 Å². The summed E-state index contributed by atoms with van der Waals surface area (Å²) in [6, 6.07) is 9.88. The molecule has 0 unspecified atom stereocenters. The standard InChI is InChI=1S/C16H20N2O/c1-12-4-6-15(13(2)10-12)14-5-7-16(19)18(11-14)9-3-8-17/h4-7,10-11H,3,8-9,17H2,1-2H3. The normalized spacial score (nSPS) is 10.7. The van der Waals surface area contributed by atoms with Crippen molar-refractivity contribution in [2.24, 2.45) is 5.73 Å². The minimum atomic E-state index is 0.0296. The smallest absolute Gasteiger partial charge is 0.250 e. The van der Waals surface area contributed by atoms with Crippen molar-refractivity contribution in [1.82, 2.24) is 4.57 Å². The summed E-state index contributed by atoms with van der Waals surface area (Å²) in [7, 11) is 0. The van der Waals surface area contributed by atoms with E-state index >= 15 is 0 Å². The van der Waals surface area contributed by atoms with Crippen LogP contribution in [0.15, 0.2) is 41.3 Å². The van der Waals surface area contributed by atoms with Gasteiger partial charge < -0.3 is 10.3 Å². The number of aromatic nitrogens is 1. The van der Waals surface area contributed by atoms with E-state index < -0.39 is 0 Å². The van der Waals surface area contributed by atoms with Gasteiger partial charge in [0, 0.05) is 18.8 Å². The van der Waals surface area contributed by atoms with Crippen LogP contribution < -0.4 is 11.3 Å². The third-order valence-electron chi connectivity index (χ3n) is 3.28. The van der Waals surface area contributed by atoms with E-state index in [0.717, 1.165) is 12.0 Å². The second kappa shape index (κ2) is 5.85. The Morgan fingerprint density at radius 1 is 1.16 bits per heavy atom. The Balaban J connectivity index is 2.42. The Morgan fingerprint density at radius 3 is 2.63 bits per heavy atom. The molecule has 0 bridgehead atoms. The molecule has 3 nitrogen and oxygen atoms in total. The lowest BCUT2D eigenvalue weighted by molar-refractivity contribution is 0.630. The molecule has 0 fully saturated rings. The lowest BCUT2D eigenvalue weighted by Gasteiger charge is -2.10. The second-order valence-corrected chi connectivity index (χ2v) is 4.91. The SMILES string of the molecule is Cc1ccc(-c2ccc(=O)n(CCCN)c2)c(C)c1. The number of benzene rings is 1. The van der Waals surface area contributed by atoms with E-state index in [-0.39, 0.29) is 5.56 Å². The molecular formula is C16H20N2O. The van der Waals surface area contributed by atoms with E-state index in [0.29, 0.717) is 13.1 Å². The molecule has 0 aliphatic rings. The van der Waals surface area contributed by atoms with Gasteiger partial charge in [-0.3, -0.25) is 4.79 Å². The van der Waals surface area contributed by atoms with Crippen LogP contribution in [-0.2, 0) is 6.54 Å². The van der Waals surface area contributed by atoms with Crippen LogP contribution in [0.1, 0.15) is 17.5 Å². The lowest BCUT2D eigenvalue weighted by Crippen LogP contribution is -2.20. The summed E-state index contributed by atoms with van der Waals surface area (Å²) in [4.78, 5) is 11.8. The van der Waals surface area contributed by atoms with Crippen LogP contribution in [0.3, 0.4) is 0 Å². The zero-order chi connectivity index (χ0) is 13.8. The predicted octanol–water partition coefficient (Wildman–Crippen LogP) is 2.48. The molecule has 2 N–H and O–H groups in total. The van der Waals surface area contributed by atoms with Gasteiger partial charge in [-0.05, 0) is 49.6 Å². The van der Waals surface area contributed by atoms with Crippen LogP contribution in [0.25, 0.3) is 11.1 Å². The molecule has 1 heterocycles. The topological polar surface area (TPSA) is 48.0 Å². The van der Waals surface area contributed by atoms with Crippen molar-refractivity contribution in [3.05, 3.63) is 58.0 Å². The molecular weight excluding hydrogens is 236 g/mol. The summed E-state index contributed by atoms with van der Waals surface area (Å²) >= 11 is 0. The molecule has 2 aromatic rings. The lowest BCUT2D eigenvalue weighted by atomic mass is 10.00. The fraction of sp³-hybridized carbons (Fsp3) is 0.312. The van der Waals surface area contributed by atoms with E-state index in [1.165, 1.54) is 16.7 Å². The molecule has 0 aliphatic carbocycles. The number of rotatable bonds is 4. The summed E-state index contributed by atoms with van der Waals surface area (Å²) in [6.45, 7) is 5.45. The summed E-state index contributed by atoms with van der Waals surface area (Å²) in [5.41, 5.74) is 10.3. The zero-order valence-electron chi connectivity index (χ0n) is 11.5. The first-order valence-electron chi connectivity index (χ1n) is 6.60. The highest BCUT2D eigenvalue weighted by Crippen LogP contribution is 2.23. The number of aryl methyl sites for hydroxylation is 3. The van der Waals surface area contributed by atoms with Gasteiger partial charge in [-0.25, -0.2) is 0 Å². The van der Waals surface area contributed by atoms with Crippen LogP contribution in [0.4, 0.5) is 0 Å². The minimum Gasteiger partial charge on any atom is -0.330 e. The van der Waals surface area contributed by atoms with Crippen molar-refractivity contribution in [2.75, 3.05) is 6.54 Å². The number of nitrogens with two attached hydrogens (primary N) is 1. The predicted molar refractivity (Wildman–Crippen MR) is 79.3 cm³/mol. The van der Waals surface area contributed by atoms with E-state index in [9.17, 15) is 4.79 Å². The highest BCUT2D eigenvalue weighted by Gasteiger charge is 2.04. The molecule has 3 heteroatoms. The van der Waals surface area contributed by atoms with Crippen LogP contribution >= 0.6 is 0 Å². The molecule has 0 saturated heterocycles. The van der Waals surface area contributed by atoms with Gasteiger partial charge in [0.15, 0.2) is 0 Å². The van der Waals surface area contributed by atoms with Crippen molar-refractivity contribution in [1.29, 1.82) is 0 Å². The Bertz CT molecular complexity index is 629. The fourth-order valence-electron chi connectivity index (χ4n) is 2.26. The average molecular weight is 256 g/mol. The fourth-order valence-corrected chi connectivity index (χ4v) is 2.26. The van der Waals surface area contributed by atoms with Gasteiger partial charge in [-0.2, -0.15) is 0 Å². The molecule has 0 saturated carbocycles. The van der Waals surface area contributed by atoms with Crippen molar-refractivity contribution in [3.8, 4) is 11.1 Å². The van der Waals surface area contributed by atoms with Crippen molar-refractivity contribution in [2.45, 2.75) is 26.8 Å². The van der Waals surface area contributed by atoms with Gasteiger partial charge >= 0.3 is 0 Å². The molecule has 0 amide bonds. The molecule has 100 valence electrons. The highest BCUT2D eigenvalue weighted by atomic mass is 16.1. The highest BCUT2D eigenvalue weighted by molar-refractivity contribution is 5.66. The average Bonchev–Trinajstić information content (AvgIpc) is 2.38. The van der Waals surface area contributed by atoms with Crippen LogP contribution in [0.2, 0.25) is 0 Å². The first-order valence-corrected chi connectivity index (χ1v) is 6.60. The molecule has 0 atom stereocenters. The Kier molecular flexibility index (Phi) is 4.17. The zero-order valence-corrected chi connectivity index (χ0v) is 11.5. The van der Waals surface area contributed by atoms with Gasteiger partial charge in [0.05, 0.1) is 0 Å². The van der Waals surface area contributed by atoms with E-state index in [2.05, 4.69) is 32.0 Å². The van der Waals surface area contributed by atoms with Crippen molar-refractivity contribution in [3.63, 3.8) is 0 Å². The maximum Gasteiger partial charge on any atom is 0.250 e. The van der Waals surface area contributed by atoms with Gasteiger partial charge in [-0.1, -0.05) is 23.8 Å². The van der Waals surface area contributed by atoms with Crippen molar-refractivity contribution < 1.29 is 0 Å². The molecule has 19 heavy (non-hydrogen) atoms.